The van der Waals surface area contributed by atoms with E-state index in [9.17, 15) is 23.1 Å². The predicted octanol–water partition coefficient (Wildman–Crippen LogP) is 3.40. The van der Waals surface area contributed by atoms with E-state index in [2.05, 4.69) is 25.6 Å². The summed E-state index contributed by atoms with van der Waals surface area (Å²) in [4.78, 5) is 24.9. The van der Waals surface area contributed by atoms with Crippen molar-refractivity contribution in [2.45, 2.75) is 69.9 Å². The normalized spacial score (nSPS) is 19.1. The van der Waals surface area contributed by atoms with Crippen LogP contribution >= 0.6 is 0 Å². The monoisotopic (exact) mass is 491 g/mol. The minimum absolute atomic E-state index is 0.0252. The average molecular weight is 492 g/mol. The molecule has 12 heteroatoms. The summed E-state index contributed by atoms with van der Waals surface area (Å²) < 4.78 is 42.0. The van der Waals surface area contributed by atoms with Crippen molar-refractivity contribution in [2.75, 3.05) is 10.6 Å². The van der Waals surface area contributed by atoms with Crippen LogP contribution in [0.4, 0.5) is 30.6 Å². The summed E-state index contributed by atoms with van der Waals surface area (Å²) in [5, 5.41) is 16.1. The summed E-state index contributed by atoms with van der Waals surface area (Å²) in [6.45, 7) is 3.26. The Hall–Kier alpha value is -3.25. The molecule has 2 heterocycles. The standard InChI is InChI=1S/C23H28F3N7O2/c1-22(2,35)11-33-12-29-18-9-15(7-8-16(18)20(33)34)31-21-28-10-17(23(24,25)26)19(32-21)30-14-5-3-13(27)4-6-14/h7-10,12-14,35H,3-6,11,27H2,1-2H3,(H2,28,30,31,32). The minimum atomic E-state index is -4.61. The number of anilines is 3. The van der Waals surface area contributed by atoms with E-state index in [-0.39, 0.29) is 36.0 Å². The molecular formula is C23H28F3N7O2. The van der Waals surface area contributed by atoms with Crippen LogP contribution in [0.3, 0.4) is 0 Å². The molecule has 35 heavy (non-hydrogen) atoms. The SMILES string of the molecule is CC(C)(O)Cn1cnc2cc(Nc3ncc(C(F)(F)F)c(NC4CCC(N)CC4)n3)ccc2c1=O. The molecular weight excluding hydrogens is 463 g/mol. The molecule has 4 rings (SSSR count). The lowest BCUT2D eigenvalue weighted by molar-refractivity contribution is -0.137. The summed E-state index contributed by atoms with van der Waals surface area (Å²) in [5.74, 6) is -0.313. The van der Waals surface area contributed by atoms with Crippen molar-refractivity contribution < 1.29 is 18.3 Å². The molecule has 5 N–H and O–H groups in total. The van der Waals surface area contributed by atoms with Gasteiger partial charge in [-0.05, 0) is 57.7 Å². The summed E-state index contributed by atoms with van der Waals surface area (Å²) in [6.07, 6.45) is 0.272. The van der Waals surface area contributed by atoms with Gasteiger partial charge in [0.2, 0.25) is 5.95 Å². The van der Waals surface area contributed by atoms with Gasteiger partial charge in [0, 0.05) is 24.0 Å². The Balaban J connectivity index is 1.59. The molecule has 2 aromatic heterocycles. The van der Waals surface area contributed by atoms with E-state index in [4.69, 9.17) is 5.73 Å². The van der Waals surface area contributed by atoms with Crippen LogP contribution in [0.1, 0.15) is 45.1 Å². The van der Waals surface area contributed by atoms with E-state index in [1.54, 1.807) is 32.0 Å². The van der Waals surface area contributed by atoms with E-state index in [0.29, 0.717) is 29.4 Å². The number of nitrogens with zero attached hydrogens (tertiary/aromatic N) is 4. The fraction of sp³-hybridized carbons (Fsp3) is 0.478. The predicted molar refractivity (Wildman–Crippen MR) is 126 cm³/mol. The fourth-order valence-corrected chi connectivity index (χ4v) is 4.11. The van der Waals surface area contributed by atoms with Crippen LogP contribution in [-0.4, -0.2) is 42.3 Å². The molecule has 1 saturated carbocycles. The number of aliphatic hydroxyl groups is 1. The second-order valence-corrected chi connectivity index (χ2v) is 9.56. The lowest BCUT2D eigenvalue weighted by atomic mass is 9.92. The highest BCUT2D eigenvalue weighted by molar-refractivity contribution is 5.82. The summed E-state index contributed by atoms with van der Waals surface area (Å²) in [7, 11) is 0. The zero-order valence-electron chi connectivity index (χ0n) is 19.4. The first-order chi connectivity index (χ1) is 16.4. The van der Waals surface area contributed by atoms with Gasteiger partial charge < -0.3 is 21.5 Å². The van der Waals surface area contributed by atoms with E-state index >= 15 is 0 Å². The molecule has 1 aromatic carbocycles. The molecule has 188 valence electrons. The van der Waals surface area contributed by atoms with Gasteiger partial charge in [-0.1, -0.05) is 0 Å². The average Bonchev–Trinajstić information content (AvgIpc) is 2.76. The lowest BCUT2D eigenvalue weighted by Gasteiger charge is -2.28. The first-order valence-corrected chi connectivity index (χ1v) is 11.3. The first-order valence-electron chi connectivity index (χ1n) is 11.3. The maximum atomic E-state index is 13.6. The van der Waals surface area contributed by atoms with Gasteiger partial charge in [0.1, 0.15) is 11.4 Å². The quantitative estimate of drug-likeness (QED) is 0.413. The van der Waals surface area contributed by atoms with Gasteiger partial charge in [-0.3, -0.25) is 9.36 Å². The molecule has 0 atom stereocenters. The van der Waals surface area contributed by atoms with Crippen molar-refractivity contribution in [3.63, 3.8) is 0 Å². The molecule has 0 spiro atoms. The maximum absolute atomic E-state index is 13.6. The number of alkyl halides is 3. The second-order valence-electron chi connectivity index (χ2n) is 9.56. The second kappa shape index (κ2) is 9.42. The van der Waals surface area contributed by atoms with Crippen molar-refractivity contribution in [2.24, 2.45) is 5.73 Å². The van der Waals surface area contributed by atoms with Crippen molar-refractivity contribution in [3.05, 3.63) is 46.6 Å². The largest absolute Gasteiger partial charge is 0.421 e. The zero-order chi connectivity index (χ0) is 25.4. The van der Waals surface area contributed by atoms with Gasteiger partial charge in [-0.2, -0.15) is 18.2 Å². The highest BCUT2D eigenvalue weighted by Gasteiger charge is 2.36. The number of hydrogen-bond acceptors (Lipinski definition) is 8. The van der Waals surface area contributed by atoms with Crippen molar-refractivity contribution in [1.82, 2.24) is 19.5 Å². The van der Waals surface area contributed by atoms with E-state index in [1.807, 2.05) is 0 Å². The van der Waals surface area contributed by atoms with E-state index in [1.165, 1.54) is 10.9 Å². The number of hydrogen-bond donors (Lipinski definition) is 4. The Morgan fingerprint density at radius 3 is 2.54 bits per heavy atom. The summed E-state index contributed by atoms with van der Waals surface area (Å²) in [6, 6.07) is 4.65. The van der Waals surface area contributed by atoms with Crippen LogP contribution in [0.2, 0.25) is 0 Å². The topological polar surface area (TPSA) is 131 Å². The number of halogens is 3. The highest BCUT2D eigenvalue weighted by atomic mass is 19.4. The molecule has 0 bridgehead atoms. The third-order valence-electron chi connectivity index (χ3n) is 5.85. The van der Waals surface area contributed by atoms with Crippen molar-refractivity contribution >= 4 is 28.4 Å². The number of benzene rings is 1. The van der Waals surface area contributed by atoms with Crippen LogP contribution in [0, 0.1) is 0 Å². The Bertz CT molecular complexity index is 1260. The van der Waals surface area contributed by atoms with Gasteiger partial charge in [0.15, 0.2) is 0 Å². The molecule has 0 unspecified atom stereocenters. The Labute approximate surface area is 199 Å². The number of nitrogens with one attached hydrogen (secondary N) is 2. The molecule has 0 saturated heterocycles. The molecule has 1 aliphatic carbocycles. The van der Waals surface area contributed by atoms with Crippen molar-refractivity contribution in [1.29, 1.82) is 0 Å². The first kappa shape index (κ1) is 24.9. The zero-order valence-corrected chi connectivity index (χ0v) is 19.4. The summed E-state index contributed by atoms with van der Waals surface area (Å²) >= 11 is 0. The third-order valence-corrected chi connectivity index (χ3v) is 5.85. The van der Waals surface area contributed by atoms with Crippen LogP contribution in [0.25, 0.3) is 10.9 Å². The van der Waals surface area contributed by atoms with Gasteiger partial charge in [0.05, 0.1) is 29.4 Å². The Morgan fingerprint density at radius 2 is 1.89 bits per heavy atom. The molecule has 9 nitrogen and oxygen atoms in total. The van der Waals surface area contributed by atoms with E-state index in [0.717, 1.165) is 19.0 Å². The molecule has 1 aliphatic rings. The highest BCUT2D eigenvalue weighted by Crippen LogP contribution is 2.35. The van der Waals surface area contributed by atoms with Gasteiger partial charge in [-0.15, -0.1) is 0 Å². The minimum Gasteiger partial charge on any atom is -0.389 e. The van der Waals surface area contributed by atoms with Crippen molar-refractivity contribution in [3.8, 4) is 0 Å². The third kappa shape index (κ3) is 6.06. The van der Waals surface area contributed by atoms with Gasteiger partial charge in [0.25, 0.3) is 5.56 Å². The Morgan fingerprint density at radius 1 is 1.17 bits per heavy atom. The molecule has 1 fully saturated rings. The van der Waals surface area contributed by atoms with Crippen LogP contribution in [0.15, 0.2) is 35.5 Å². The van der Waals surface area contributed by atoms with Crippen LogP contribution in [0.5, 0.6) is 0 Å². The number of fused-ring (bicyclic) bond motifs is 1. The summed E-state index contributed by atoms with van der Waals surface area (Å²) in [5.41, 5.74) is 4.41. The smallest absolute Gasteiger partial charge is 0.389 e. The number of rotatable bonds is 6. The lowest BCUT2D eigenvalue weighted by Crippen LogP contribution is -2.33. The number of nitrogens with two attached hydrogens (primary N) is 1. The molecule has 0 amide bonds. The van der Waals surface area contributed by atoms with Crippen LogP contribution in [-0.2, 0) is 12.7 Å². The van der Waals surface area contributed by atoms with Gasteiger partial charge in [-0.25, -0.2) is 9.97 Å². The molecule has 0 radical (unpaired) electrons. The number of aromatic nitrogens is 4. The Kier molecular flexibility index (Phi) is 6.69. The maximum Gasteiger partial charge on any atom is 0.421 e. The molecule has 0 aliphatic heterocycles. The van der Waals surface area contributed by atoms with E-state index < -0.39 is 17.3 Å². The van der Waals surface area contributed by atoms with Crippen LogP contribution < -0.4 is 21.9 Å². The fourth-order valence-electron chi connectivity index (χ4n) is 4.11. The van der Waals surface area contributed by atoms with Gasteiger partial charge >= 0.3 is 6.18 Å². The molecule has 3 aromatic rings.